The van der Waals surface area contributed by atoms with E-state index in [1.165, 1.54) is 5.56 Å². The van der Waals surface area contributed by atoms with Crippen molar-refractivity contribution in [1.29, 1.82) is 0 Å². The zero-order valence-electron chi connectivity index (χ0n) is 17.0. The molecule has 3 aromatic carbocycles. The summed E-state index contributed by atoms with van der Waals surface area (Å²) in [5.74, 6) is 1.54. The van der Waals surface area contributed by atoms with Gasteiger partial charge in [-0.05, 0) is 59.4 Å². The number of benzene rings is 3. The fourth-order valence-electron chi connectivity index (χ4n) is 2.91. The molecule has 0 spiro atoms. The van der Waals surface area contributed by atoms with E-state index in [1.54, 1.807) is 13.0 Å². The average Bonchev–Trinajstić information content (AvgIpc) is 2.68. The molecule has 0 aliphatic carbocycles. The molecule has 5 heteroatoms. The Morgan fingerprint density at radius 1 is 0.966 bits per heavy atom. The van der Waals surface area contributed by atoms with Gasteiger partial charge in [-0.15, -0.1) is 0 Å². The zero-order chi connectivity index (χ0) is 21.2. The number of ether oxygens (including phenoxy) is 1. The lowest BCUT2D eigenvalue weighted by atomic mass is 9.87. The van der Waals surface area contributed by atoms with E-state index in [2.05, 4.69) is 38.2 Å². The van der Waals surface area contributed by atoms with Crippen molar-refractivity contribution in [3.63, 3.8) is 0 Å². The Balaban J connectivity index is 1.70. The third kappa shape index (κ3) is 5.17. The van der Waals surface area contributed by atoms with E-state index in [0.29, 0.717) is 22.8 Å². The maximum absolute atomic E-state index is 10.2. The summed E-state index contributed by atoms with van der Waals surface area (Å²) in [5.41, 5.74) is 3.52. The Bertz CT molecular complexity index is 1010. The second-order valence-corrected chi connectivity index (χ2v) is 8.86. The predicted molar refractivity (Wildman–Crippen MR) is 122 cm³/mol. The summed E-state index contributed by atoms with van der Waals surface area (Å²) in [7, 11) is 0. The summed E-state index contributed by atoms with van der Waals surface area (Å²) in [4.78, 5) is 0. The van der Waals surface area contributed by atoms with Crippen molar-refractivity contribution in [2.24, 2.45) is 0 Å². The zero-order valence-corrected chi connectivity index (χ0v) is 18.5. The molecule has 0 heterocycles. The molecule has 29 heavy (non-hydrogen) atoms. The van der Waals surface area contributed by atoms with Gasteiger partial charge in [-0.3, -0.25) is 0 Å². The number of hydrogen-bond donors (Lipinski definition) is 2. The molecular weight excluding hydrogens is 405 g/mol. The minimum atomic E-state index is -0.0000840. The van der Waals surface area contributed by atoms with Crippen LogP contribution in [0.25, 0.3) is 0 Å². The van der Waals surface area contributed by atoms with Crippen molar-refractivity contribution in [2.75, 3.05) is 5.32 Å². The van der Waals surface area contributed by atoms with Gasteiger partial charge in [0.1, 0.15) is 11.5 Å². The molecule has 0 aliphatic rings. The number of phenols is 1. The molecule has 3 nitrogen and oxygen atoms in total. The Kier molecular flexibility index (Phi) is 6.30. The number of nitrogens with one attached hydrogen (secondary N) is 1. The van der Waals surface area contributed by atoms with E-state index in [9.17, 15) is 5.11 Å². The molecule has 3 aromatic rings. The fourth-order valence-corrected chi connectivity index (χ4v) is 3.37. The maximum Gasteiger partial charge on any atom is 0.157 e. The van der Waals surface area contributed by atoms with Crippen LogP contribution in [-0.4, -0.2) is 5.11 Å². The Hall–Kier alpha value is -2.36. The molecule has 0 fully saturated rings. The van der Waals surface area contributed by atoms with Crippen LogP contribution in [-0.2, 0) is 12.0 Å². The number of anilines is 1. The lowest BCUT2D eigenvalue weighted by Crippen LogP contribution is -2.10. The Morgan fingerprint density at radius 3 is 2.31 bits per heavy atom. The number of aromatic hydroxyl groups is 1. The monoisotopic (exact) mass is 429 g/mol. The van der Waals surface area contributed by atoms with Crippen LogP contribution in [0, 0.1) is 6.92 Å². The molecular formula is C24H25Cl2NO2. The summed E-state index contributed by atoms with van der Waals surface area (Å²) in [6.07, 6.45) is 0. The van der Waals surface area contributed by atoms with Gasteiger partial charge in [-0.2, -0.15) is 0 Å². The third-order valence-corrected chi connectivity index (χ3v) is 5.61. The van der Waals surface area contributed by atoms with Gasteiger partial charge < -0.3 is 15.2 Å². The van der Waals surface area contributed by atoms with Gasteiger partial charge in [0.25, 0.3) is 0 Å². The highest BCUT2D eigenvalue weighted by molar-refractivity contribution is 6.37. The molecule has 0 saturated heterocycles. The first-order chi connectivity index (χ1) is 13.6. The molecule has 0 amide bonds. The van der Waals surface area contributed by atoms with Crippen molar-refractivity contribution < 1.29 is 9.84 Å². The largest absolute Gasteiger partial charge is 0.504 e. The van der Waals surface area contributed by atoms with Gasteiger partial charge in [-0.1, -0.05) is 68.2 Å². The Morgan fingerprint density at radius 2 is 1.66 bits per heavy atom. The number of halogens is 2. The molecule has 0 radical (unpaired) electrons. The second kappa shape index (κ2) is 8.56. The lowest BCUT2D eigenvalue weighted by molar-refractivity contribution is 0.477. The number of hydrogen-bond acceptors (Lipinski definition) is 3. The molecule has 2 N–H and O–H groups in total. The first-order valence-electron chi connectivity index (χ1n) is 9.44. The van der Waals surface area contributed by atoms with Crippen LogP contribution in [0.15, 0.2) is 54.6 Å². The van der Waals surface area contributed by atoms with Gasteiger partial charge in [-0.25, -0.2) is 0 Å². The summed E-state index contributed by atoms with van der Waals surface area (Å²) in [6.45, 7) is 8.81. The number of phenolic OH excluding ortho intramolecular Hbond substituents is 1. The normalized spacial score (nSPS) is 11.4. The van der Waals surface area contributed by atoms with Crippen LogP contribution in [0.4, 0.5) is 5.69 Å². The van der Waals surface area contributed by atoms with Crippen molar-refractivity contribution >= 4 is 28.9 Å². The van der Waals surface area contributed by atoms with Crippen LogP contribution in [0.1, 0.15) is 37.5 Å². The average molecular weight is 430 g/mol. The highest BCUT2D eigenvalue weighted by Crippen LogP contribution is 2.39. The van der Waals surface area contributed by atoms with Crippen LogP contribution < -0.4 is 10.1 Å². The summed E-state index contributed by atoms with van der Waals surface area (Å²) < 4.78 is 6.00. The molecule has 152 valence electrons. The third-order valence-electron chi connectivity index (χ3n) is 4.76. The number of rotatable bonds is 5. The SMILES string of the molecule is Cc1c(Cl)cc(NCc2cccc(Oc3ccc(C(C)(C)C)cc3)c2)c(O)c1Cl. The highest BCUT2D eigenvalue weighted by Gasteiger charge is 2.14. The molecule has 3 rings (SSSR count). The van der Waals surface area contributed by atoms with Gasteiger partial charge >= 0.3 is 0 Å². The fraction of sp³-hybridized carbons (Fsp3) is 0.250. The maximum atomic E-state index is 10.2. The molecule has 0 aromatic heterocycles. The minimum Gasteiger partial charge on any atom is -0.504 e. The first kappa shape index (κ1) is 21.4. The van der Waals surface area contributed by atoms with Crippen molar-refractivity contribution in [3.05, 3.63) is 81.3 Å². The minimum absolute atomic E-state index is 0.0000840. The van der Waals surface area contributed by atoms with Crippen LogP contribution in [0.3, 0.4) is 0 Å². The molecule has 0 aliphatic heterocycles. The summed E-state index contributed by atoms with van der Waals surface area (Å²) in [5, 5.41) is 14.2. The van der Waals surface area contributed by atoms with Gasteiger partial charge in [0.2, 0.25) is 0 Å². The van der Waals surface area contributed by atoms with Gasteiger partial charge in [0, 0.05) is 11.6 Å². The standard InChI is InChI=1S/C24H25Cl2NO2/c1-15-20(25)13-21(23(28)22(15)26)27-14-16-6-5-7-19(12-16)29-18-10-8-17(9-11-18)24(2,3)4/h5-13,27-28H,14H2,1-4H3. The van der Waals surface area contributed by atoms with Gasteiger partial charge in [0.15, 0.2) is 5.75 Å². The molecule has 0 bridgehead atoms. The first-order valence-corrected chi connectivity index (χ1v) is 10.2. The van der Waals surface area contributed by atoms with Crippen molar-refractivity contribution in [3.8, 4) is 17.2 Å². The molecule has 0 unspecified atom stereocenters. The van der Waals surface area contributed by atoms with Crippen molar-refractivity contribution in [2.45, 2.75) is 39.7 Å². The van der Waals surface area contributed by atoms with Crippen LogP contribution in [0.5, 0.6) is 17.2 Å². The van der Waals surface area contributed by atoms with Gasteiger partial charge in [0.05, 0.1) is 10.7 Å². The van der Waals surface area contributed by atoms with E-state index in [0.717, 1.165) is 17.1 Å². The van der Waals surface area contributed by atoms with Crippen LogP contribution in [0.2, 0.25) is 10.0 Å². The second-order valence-electron chi connectivity index (χ2n) is 8.07. The predicted octanol–water partition coefficient (Wildman–Crippen LogP) is 7.71. The summed E-state index contributed by atoms with van der Waals surface area (Å²) >= 11 is 12.3. The molecule has 0 atom stereocenters. The van der Waals surface area contributed by atoms with Crippen molar-refractivity contribution in [1.82, 2.24) is 0 Å². The van der Waals surface area contributed by atoms with E-state index in [-0.39, 0.29) is 16.2 Å². The van der Waals surface area contributed by atoms with E-state index >= 15 is 0 Å². The van der Waals surface area contributed by atoms with E-state index in [1.807, 2.05) is 36.4 Å². The Labute approximate surface area is 182 Å². The summed E-state index contributed by atoms with van der Waals surface area (Å²) in [6, 6.07) is 17.6. The quantitative estimate of drug-likeness (QED) is 0.408. The van der Waals surface area contributed by atoms with Crippen LogP contribution >= 0.6 is 23.2 Å². The smallest absolute Gasteiger partial charge is 0.157 e. The lowest BCUT2D eigenvalue weighted by Gasteiger charge is -2.19. The highest BCUT2D eigenvalue weighted by atomic mass is 35.5. The topological polar surface area (TPSA) is 41.5 Å². The molecule has 0 saturated carbocycles. The van der Waals surface area contributed by atoms with E-state index in [4.69, 9.17) is 27.9 Å². The van der Waals surface area contributed by atoms with E-state index < -0.39 is 0 Å².